The molecule has 3 rings (SSSR count). The summed E-state index contributed by atoms with van der Waals surface area (Å²) < 4.78 is 5.89. The highest BCUT2D eigenvalue weighted by molar-refractivity contribution is 5.78. The van der Waals surface area contributed by atoms with Crippen LogP contribution in [0.3, 0.4) is 0 Å². The van der Waals surface area contributed by atoms with Gasteiger partial charge in [0, 0.05) is 6.54 Å². The van der Waals surface area contributed by atoms with Crippen molar-refractivity contribution in [1.82, 2.24) is 10.6 Å². The summed E-state index contributed by atoms with van der Waals surface area (Å²) in [5.74, 6) is 1.57. The first-order valence-electron chi connectivity index (χ1n) is 9.94. The van der Waals surface area contributed by atoms with Gasteiger partial charge < -0.3 is 15.4 Å². The van der Waals surface area contributed by atoms with Gasteiger partial charge in [-0.1, -0.05) is 42.0 Å². The number of ether oxygens (including phenoxy) is 1. The van der Waals surface area contributed by atoms with E-state index < -0.39 is 0 Å². The lowest BCUT2D eigenvalue weighted by Crippen LogP contribution is -2.33. The molecular weight excluding hydrogens is 336 g/mol. The fourth-order valence-corrected chi connectivity index (χ4v) is 3.55. The summed E-state index contributed by atoms with van der Waals surface area (Å²) in [5.41, 5.74) is 3.36. The second-order valence-corrected chi connectivity index (χ2v) is 7.45. The summed E-state index contributed by atoms with van der Waals surface area (Å²) in [6, 6.07) is 16.1. The number of benzene rings is 2. The average Bonchev–Trinajstić information content (AvgIpc) is 2.68. The summed E-state index contributed by atoms with van der Waals surface area (Å²) in [4.78, 5) is 12.2. The van der Waals surface area contributed by atoms with E-state index in [0.717, 1.165) is 42.9 Å². The molecule has 0 saturated carbocycles. The number of hydrogen-bond donors (Lipinski definition) is 2. The smallest absolute Gasteiger partial charge is 0.224 e. The normalized spacial score (nSPS) is 16.7. The Bertz CT molecular complexity index is 739. The molecule has 1 aliphatic heterocycles. The van der Waals surface area contributed by atoms with E-state index >= 15 is 0 Å². The lowest BCUT2D eigenvalue weighted by Gasteiger charge is -2.22. The highest BCUT2D eigenvalue weighted by Crippen LogP contribution is 2.16. The Hall–Kier alpha value is -2.33. The number of piperidine rings is 1. The fraction of sp³-hybridized carbons (Fsp3) is 0.435. The van der Waals surface area contributed by atoms with E-state index in [4.69, 9.17) is 4.74 Å². The maximum absolute atomic E-state index is 12.2. The van der Waals surface area contributed by atoms with E-state index in [1.807, 2.05) is 30.3 Å². The third kappa shape index (κ3) is 6.72. The molecular formula is C23H30N2O2. The van der Waals surface area contributed by atoms with Crippen molar-refractivity contribution in [2.24, 2.45) is 5.92 Å². The molecule has 2 N–H and O–H groups in total. The first kappa shape index (κ1) is 19.4. The van der Waals surface area contributed by atoms with Gasteiger partial charge in [-0.3, -0.25) is 4.79 Å². The second kappa shape index (κ2) is 10.1. The summed E-state index contributed by atoms with van der Waals surface area (Å²) in [5, 5.41) is 6.47. The standard InChI is InChI=1S/C23H30N2O2/c1-18-5-2-7-21(13-18)17-27-22-9-3-6-20(14-22)15-23(26)25-12-10-19-8-4-11-24-16-19/h2-3,5-7,9,13-14,19,24H,4,8,10-12,15-17H2,1H3,(H,25,26). The Morgan fingerprint density at radius 2 is 2.04 bits per heavy atom. The van der Waals surface area contributed by atoms with Crippen LogP contribution >= 0.6 is 0 Å². The lowest BCUT2D eigenvalue weighted by atomic mass is 9.96. The zero-order chi connectivity index (χ0) is 18.9. The van der Waals surface area contributed by atoms with Crippen molar-refractivity contribution >= 4 is 5.91 Å². The highest BCUT2D eigenvalue weighted by atomic mass is 16.5. The minimum absolute atomic E-state index is 0.0783. The number of aryl methyl sites for hydroxylation is 1. The Kier molecular flexibility index (Phi) is 7.28. The number of carbonyl (C=O) groups excluding carboxylic acids is 1. The van der Waals surface area contributed by atoms with Crippen LogP contribution in [0, 0.1) is 12.8 Å². The number of hydrogen-bond acceptors (Lipinski definition) is 3. The summed E-state index contributed by atoms with van der Waals surface area (Å²) in [6.07, 6.45) is 3.96. The van der Waals surface area contributed by atoms with Gasteiger partial charge >= 0.3 is 0 Å². The molecule has 144 valence electrons. The molecule has 27 heavy (non-hydrogen) atoms. The molecule has 1 aliphatic rings. The molecule has 0 aromatic heterocycles. The minimum Gasteiger partial charge on any atom is -0.489 e. The molecule has 0 bridgehead atoms. The predicted molar refractivity (Wildman–Crippen MR) is 109 cm³/mol. The van der Waals surface area contributed by atoms with E-state index in [0.29, 0.717) is 18.9 Å². The van der Waals surface area contributed by atoms with E-state index in [1.54, 1.807) is 0 Å². The number of carbonyl (C=O) groups is 1. The van der Waals surface area contributed by atoms with Gasteiger partial charge in [0.1, 0.15) is 12.4 Å². The summed E-state index contributed by atoms with van der Waals surface area (Å²) in [7, 11) is 0. The Labute approximate surface area is 162 Å². The van der Waals surface area contributed by atoms with Gasteiger partial charge in [-0.2, -0.15) is 0 Å². The van der Waals surface area contributed by atoms with E-state index in [9.17, 15) is 4.79 Å². The van der Waals surface area contributed by atoms with Crippen molar-refractivity contribution in [1.29, 1.82) is 0 Å². The van der Waals surface area contributed by atoms with E-state index in [-0.39, 0.29) is 5.91 Å². The van der Waals surface area contributed by atoms with Crippen molar-refractivity contribution in [3.63, 3.8) is 0 Å². The van der Waals surface area contributed by atoms with Gasteiger partial charge in [-0.15, -0.1) is 0 Å². The van der Waals surface area contributed by atoms with Crippen molar-refractivity contribution < 1.29 is 9.53 Å². The van der Waals surface area contributed by atoms with Crippen molar-refractivity contribution in [3.8, 4) is 5.75 Å². The second-order valence-electron chi connectivity index (χ2n) is 7.45. The third-order valence-electron chi connectivity index (χ3n) is 5.02. The quantitative estimate of drug-likeness (QED) is 0.750. The fourth-order valence-electron chi connectivity index (χ4n) is 3.55. The van der Waals surface area contributed by atoms with Crippen molar-refractivity contribution in [2.75, 3.05) is 19.6 Å². The molecule has 4 nitrogen and oxygen atoms in total. The summed E-state index contributed by atoms with van der Waals surface area (Å²) >= 11 is 0. The summed E-state index contributed by atoms with van der Waals surface area (Å²) in [6.45, 7) is 5.58. The largest absolute Gasteiger partial charge is 0.489 e. The van der Waals surface area contributed by atoms with Gasteiger partial charge in [0.2, 0.25) is 5.91 Å². The maximum atomic E-state index is 12.2. The van der Waals surface area contributed by atoms with Gasteiger partial charge in [-0.25, -0.2) is 0 Å². The zero-order valence-electron chi connectivity index (χ0n) is 16.2. The molecule has 1 unspecified atom stereocenters. The van der Waals surface area contributed by atoms with Crippen molar-refractivity contribution in [3.05, 3.63) is 65.2 Å². The van der Waals surface area contributed by atoms with Crippen molar-refractivity contribution in [2.45, 2.75) is 39.2 Å². The lowest BCUT2D eigenvalue weighted by molar-refractivity contribution is -0.120. The molecule has 0 radical (unpaired) electrons. The van der Waals surface area contributed by atoms with E-state index in [1.165, 1.54) is 18.4 Å². The van der Waals surface area contributed by atoms with Crippen LogP contribution in [0.5, 0.6) is 5.75 Å². The highest BCUT2D eigenvalue weighted by Gasteiger charge is 2.13. The van der Waals surface area contributed by atoms with E-state index in [2.05, 4.69) is 35.8 Å². The molecule has 0 spiro atoms. The first-order chi connectivity index (χ1) is 13.2. The van der Waals surface area contributed by atoms with Crippen LogP contribution in [0.2, 0.25) is 0 Å². The van der Waals surface area contributed by atoms with Crippen LogP contribution in [0.25, 0.3) is 0 Å². The van der Waals surface area contributed by atoms with Crippen LogP contribution in [0.4, 0.5) is 0 Å². The minimum atomic E-state index is 0.0783. The monoisotopic (exact) mass is 366 g/mol. The van der Waals surface area contributed by atoms with Gasteiger partial charge in [-0.05, 0) is 68.5 Å². The molecule has 1 amide bonds. The molecule has 2 aromatic rings. The maximum Gasteiger partial charge on any atom is 0.224 e. The van der Waals surface area contributed by atoms with Gasteiger partial charge in [0.25, 0.3) is 0 Å². The first-order valence-corrected chi connectivity index (χ1v) is 9.94. The SMILES string of the molecule is Cc1cccc(COc2cccc(CC(=O)NCCC3CCCNC3)c2)c1. The Morgan fingerprint density at radius 3 is 2.85 bits per heavy atom. The molecule has 1 heterocycles. The zero-order valence-corrected chi connectivity index (χ0v) is 16.2. The predicted octanol–water partition coefficient (Wildman–Crippen LogP) is 3.62. The molecule has 4 heteroatoms. The van der Waals surface area contributed by atoms with Crippen LogP contribution in [0.15, 0.2) is 48.5 Å². The molecule has 1 atom stereocenters. The number of rotatable bonds is 8. The van der Waals surface area contributed by atoms with Crippen LogP contribution < -0.4 is 15.4 Å². The van der Waals surface area contributed by atoms with Gasteiger partial charge in [0.05, 0.1) is 6.42 Å². The van der Waals surface area contributed by atoms with Gasteiger partial charge in [0.15, 0.2) is 0 Å². The Balaban J connectivity index is 1.43. The van der Waals surface area contributed by atoms with Crippen LogP contribution in [-0.4, -0.2) is 25.5 Å². The molecule has 1 fully saturated rings. The third-order valence-corrected chi connectivity index (χ3v) is 5.02. The average molecular weight is 367 g/mol. The molecule has 0 aliphatic carbocycles. The van der Waals surface area contributed by atoms with Crippen LogP contribution in [-0.2, 0) is 17.8 Å². The Morgan fingerprint density at radius 1 is 1.19 bits per heavy atom. The number of nitrogens with one attached hydrogen (secondary N) is 2. The number of amides is 1. The van der Waals surface area contributed by atoms with Crippen LogP contribution in [0.1, 0.15) is 36.0 Å². The topological polar surface area (TPSA) is 50.4 Å². The molecule has 2 aromatic carbocycles. The molecule has 1 saturated heterocycles.